The Hall–Kier alpha value is -0.910. The van der Waals surface area contributed by atoms with E-state index in [-0.39, 0.29) is 11.8 Å². The Kier molecular flexibility index (Phi) is 5.07. The Balaban J connectivity index is 2.15. The molecule has 2 nitrogen and oxygen atoms in total. The Morgan fingerprint density at radius 2 is 1.76 bits per heavy atom. The number of hydrogen-bond donors (Lipinski definition) is 1. The Morgan fingerprint density at radius 1 is 1.14 bits per heavy atom. The second-order valence-electron chi connectivity index (χ2n) is 5.95. The van der Waals surface area contributed by atoms with Crippen molar-refractivity contribution in [2.45, 2.75) is 45.5 Å². The lowest BCUT2D eigenvalue weighted by Gasteiger charge is -2.33. The molecule has 2 atom stereocenters. The first-order chi connectivity index (χ1) is 9.73. The number of hydrogen-bond acceptors (Lipinski definition) is 2. The van der Waals surface area contributed by atoms with Gasteiger partial charge in [0.25, 0.3) is 0 Å². The van der Waals surface area contributed by atoms with E-state index in [1.54, 1.807) is 12.1 Å². The molecule has 0 saturated heterocycles. The molecule has 1 aromatic carbocycles. The van der Waals surface area contributed by atoms with Crippen LogP contribution < -0.4 is 10.1 Å². The van der Waals surface area contributed by atoms with E-state index < -0.39 is 6.36 Å². The molecule has 0 radical (unpaired) electrons. The third-order valence-electron chi connectivity index (χ3n) is 3.71. The van der Waals surface area contributed by atoms with Gasteiger partial charge in [0.2, 0.25) is 0 Å². The minimum absolute atomic E-state index is 0.181. The van der Waals surface area contributed by atoms with Crippen molar-refractivity contribution in [3.05, 3.63) is 22.7 Å². The predicted molar refractivity (Wildman–Crippen MR) is 80.4 cm³/mol. The van der Waals surface area contributed by atoms with Gasteiger partial charge in [-0.05, 0) is 49.3 Å². The average molecular weight is 366 g/mol. The normalized spacial score (nSPS) is 26.5. The van der Waals surface area contributed by atoms with Crippen LogP contribution in [0, 0.1) is 11.8 Å². The molecular formula is C15H19BrF3NO. The molecule has 0 spiro atoms. The fraction of sp³-hybridized carbons (Fsp3) is 0.600. The van der Waals surface area contributed by atoms with Crippen molar-refractivity contribution in [2.24, 2.45) is 11.8 Å². The minimum atomic E-state index is -4.69. The molecular weight excluding hydrogens is 347 g/mol. The third kappa shape index (κ3) is 5.09. The topological polar surface area (TPSA) is 21.3 Å². The number of alkyl halides is 3. The number of ether oxygens (including phenoxy) is 1. The highest BCUT2D eigenvalue weighted by Gasteiger charge is 2.33. The largest absolute Gasteiger partial charge is 0.573 e. The van der Waals surface area contributed by atoms with Crippen molar-refractivity contribution in [2.75, 3.05) is 5.32 Å². The van der Waals surface area contributed by atoms with Crippen LogP contribution >= 0.6 is 15.9 Å². The van der Waals surface area contributed by atoms with Gasteiger partial charge in [-0.25, -0.2) is 0 Å². The lowest BCUT2D eigenvalue weighted by atomic mass is 9.80. The molecule has 1 aliphatic carbocycles. The zero-order valence-corrected chi connectivity index (χ0v) is 13.6. The van der Waals surface area contributed by atoms with Gasteiger partial charge in [-0.15, -0.1) is 13.2 Å². The van der Waals surface area contributed by atoms with Crippen molar-refractivity contribution >= 4 is 21.6 Å². The van der Waals surface area contributed by atoms with Crippen LogP contribution in [0.15, 0.2) is 22.7 Å². The fourth-order valence-corrected chi connectivity index (χ4v) is 3.45. The van der Waals surface area contributed by atoms with E-state index in [9.17, 15) is 13.2 Å². The number of halogens is 4. The van der Waals surface area contributed by atoms with Crippen LogP contribution in [0.5, 0.6) is 5.75 Å². The fourth-order valence-electron chi connectivity index (χ4n) is 3.11. The summed E-state index contributed by atoms with van der Waals surface area (Å²) in [5.41, 5.74) is 0.391. The van der Waals surface area contributed by atoms with Gasteiger partial charge in [0.05, 0.1) is 5.69 Å². The summed E-state index contributed by atoms with van der Waals surface area (Å²) in [6, 6.07) is 4.85. The summed E-state index contributed by atoms with van der Waals surface area (Å²) in [4.78, 5) is 0. The van der Waals surface area contributed by atoms with Crippen LogP contribution in [-0.2, 0) is 0 Å². The van der Waals surface area contributed by atoms with Gasteiger partial charge >= 0.3 is 6.36 Å². The zero-order valence-electron chi connectivity index (χ0n) is 12.0. The Labute approximate surface area is 131 Å². The second-order valence-corrected chi connectivity index (χ2v) is 6.86. The summed E-state index contributed by atoms with van der Waals surface area (Å²) in [5, 5.41) is 3.21. The maximum absolute atomic E-state index is 12.5. The monoisotopic (exact) mass is 365 g/mol. The first-order valence-electron chi connectivity index (χ1n) is 7.05. The van der Waals surface area contributed by atoms with Gasteiger partial charge in [0.15, 0.2) is 5.75 Å². The van der Waals surface area contributed by atoms with Crippen molar-refractivity contribution in [3.8, 4) is 5.75 Å². The van der Waals surface area contributed by atoms with Crippen molar-refractivity contribution in [3.63, 3.8) is 0 Å². The molecule has 1 aliphatic rings. The highest BCUT2D eigenvalue weighted by atomic mass is 79.9. The van der Waals surface area contributed by atoms with E-state index in [1.807, 2.05) is 0 Å². The van der Waals surface area contributed by atoms with Crippen molar-refractivity contribution in [1.82, 2.24) is 0 Å². The van der Waals surface area contributed by atoms with Crippen LogP contribution in [0.1, 0.15) is 33.1 Å². The predicted octanol–water partition coefficient (Wildman–Crippen LogP) is 5.58. The smallest absolute Gasteiger partial charge is 0.404 e. The molecule has 1 fully saturated rings. The van der Waals surface area contributed by atoms with Gasteiger partial charge in [0, 0.05) is 10.5 Å². The van der Waals surface area contributed by atoms with Gasteiger partial charge in [-0.1, -0.05) is 29.8 Å². The molecule has 1 N–H and O–H groups in total. The molecule has 6 heteroatoms. The molecule has 21 heavy (non-hydrogen) atoms. The first kappa shape index (κ1) is 16.5. The SMILES string of the molecule is CC1CC(C)CC(Nc2ccc(Br)cc2OC(F)(F)F)C1. The number of rotatable bonds is 3. The molecule has 0 aromatic heterocycles. The summed E-state index contributed by atoms with van der Waals surface area (Å²) in [7, 11) is 0. The molecule has 1 saturated carbocycles. The summed E-state index contributed by atoms with van der Waals surface area (Å²) in [6.07, 6.45) is -1.59. The maximum Gasteiger partial charge on any atom is 0.573 e. The molecule has 1 aromatic rings. The maximum atomic E-state index is 12.5. The summed E-state index contributed by atoms with van der Waals surface area (Å²) >= 11 is 3.17. The van der Waals surface area contributed by atoms with Gasteiger partial charge in [-0.2, -0.15) is 0 Å². The van der Waals surface area contributed by atoms with Crippen LogP contribution in [0.4, 0.5) is 18.9 Å². The number of benzene rings is 1. The van der Waals surface area contributed by atoms with Crippen molar-refractivity contribution in [1.29, 1.82) is 0 Å². The highest BCUT2D eigenvalue weighted by Crippen LogP contribution is 2.36. The van der Waals surface area contributed by atoms with Crippen LogP contribution in [-0.4, -0.2) is 12.4 Å². The average Bonchev–Trinajstić information content (AvgIpc) is 2.29. The van der Waals surface area contributed by atoms with Crippen molar-refractivity contribution < 1.29 is 17.9 Å². The molecule has 0 bridgehead atoms. The van der Waals surface area contributed by atoms with Crippen LogP contribution in [0.3, 0.4) is 0 Å². The van der Waals surface area contributed by atoms with E-state index >= 15 is 0 Å². The van der Waals surface area contributed by atoms with E-state index in [2.05, 4.69) is 39.8 Å². The van der Waals surface area contributed by atoms with E-state index in [1.165, 1.54) is 12.5 Å². The first-order valence-corrected chi connectivity index (χ1v) is 7.84. The molecule has 2 unspecified atom stereocenters. The summed E-state index contributed by atoms with van der Waals surface area (Å²) in [5.74, 6) is 0.963. The Morgan fingerprint density at radius 3 is 2.33 bits per heavy atom. The molecule has 0 heterocycles. The number of anilines is 1. The minimum Gasteiger partial charge on any atom is -0.404 e. The number of nitrogens with one attached hydrogen (secondary N) is 1. The van der Waals surface area contributed by atoms with E-state index in [0.29, 0.717) is 22.0 Å². The molecule has 2 rings (SSSR count). The van der Waals surface area contributed by atoms with E-state index in [0.717, 1.165) is 12.8 Å². The van der Waals surface area contributed by atoms with Crippen LogP contribution in [0.2, 0.25) is 0 Å². The standard InChI is InChI=1S/C15H19BrF3NO/c1-9-5-10(2)7-12(6-9)20-13-4-3-11(16)8-14(13)21-15(17,18)19/h3-4,8-10,12,20H,5-7H2,1-2H3. The molecule has 118 valence electrons. The summed E-state index contributed by atoms with van der Waals surface area (Å²) in [6.45, 7) is 4.36. The third-order valence-corrected chi connectivity index (χ3v) is 4.20. The van der Waals surface area contributed by atoms with Gasteiger partial charge in [-0.3, -0.25) is 0 Å². The van der Waals surface area contributed by atoms with Gasteiger partial charge < -0.3 is 10.1 Å². The van der Waals surface area contributed by atoms with Gasteiger partial charge in [0.1, 0.15) is 0 Å². The second kappa shape index (κ2) is 6.46. The Bertz CT molecular complexity index is 482. The highest BCUT2D eigenvalue weighted by molar-refractivity contribution is 9.10. The van der Waals surface area contributed by atoms with Crippen LogP contribution in [0.25, 0.3) is 0 Å². The lowest BCUT2D eigenvalue weighted by Crippen LogP contribution is -2.30. The zero-order chi connectivity index (χ0) is 15.6. The molecule has 0 amide bonds. The summed E-state index contributed by atoms with van der Waals surface area (Å²) < 4.78 is 42.1. The lowest BCUT2D eigenvalue weighted by molar-refractivity contribution is -0.274. The van der Waals surface area contributed by atoms with E-state index in [4.69, 9.17) is 0 Å². The molecule has 0 aliphatic heterocycles. The quantitative estimate of drug-likeness (QED) is 0.754.